The van der Waals surface area contributed by atoms with E-state index in [0.717, 1.165) is 32.1 Å². The minimum atomic E-state index is -3.91. The molecule has 3 N–H and O–H groups in total. The van der Waals surface area contributed by atoms with Crippen LogP contribution in [0.25, 0.3) is 22.3 Å². The highest BCUT2D eigenvalue weighted by Gasteiger charge is 2.62. The zero-order valence-electron chi connectivity index (χ0n) is 33.9. The number of aromatic nitrogens is 2. The molecule has 0 radical (unpaired) electrons. The molecule has 3 aliphatic heterocycles. The molecule has 5 amide bonds. The van der Waals surface area contributed by atoms with Crippen molar-refractivity contribution < 1.29 is 37.1 Å². The number of nitrogens with one attached hydrogen (secondary N) is 3. The molecule has 1 aromatic carbocycles. The Morgan fingerprint density at radius 1 is 0.967 bits per heavy atom. The van der Waals surface area contributed by atoms with E-state index in [-0.39, 0.29) is 37.6 Å². The number of sulfonamides is 1. The smallest absolute Gasteiger partial charge is 0.259 e. The Hall–Kier alpha value is -5.38. The Labute approximate surface area is 350 Å². The van der Waals surface area contributed by atoms with Gasteiger partial charge in [-0.1, -0.05) is 31.1 Å². The number of hydrogen-bond acceptors (Lipinski definition) is 10. The number of carbonyl (C=O) groups excluding carboxylic acids is 5. The Morgan fingerprint density at radius 2 is 1.77 bits per heavy atom. The normalized spacial score (nSPS) is 26.8. The Balaban J connectivity index is 1.11. The molecule has 15 nitrogen and oxygen atoms in total. The van der Waals surface area contributed by atoms with Gasteiger partial charge in [0.25, 0.3) is 11.8 Å². The van der Waals surface area contributed by atoms with Crippen LogP contribution < -0.4 is 20.1 Å². The minimum Gasteiger partial charge on any atom is -0.497 e. The lowest BCUT2D eigenvalue weighted by atomic mass is 9.94. The van der Waals surface area contributed by atoms with Crippen LogP contribution in [0.15, 0.2) is 60.8 Å². The zero-order valence-corrected chi connectivity index (χ0v) is 34.8. The van der Waals surface area contributed by atoms with Gasteiger partial charge in [0, 0.05) is 55.5 Å². The highest BCUT2D eigenvalue weighted by atomic mass is 32.2. The predicted octanol–water partition coefficient (Wildman–Crippen LogP) is 4.03. The Morgan fingerprint density at radius 3 is 2.52 bits per heavy atom. The Bertz CT molecular complexity index is 2300. The number of likely N-dealkylation sites (tertiary alicyclic amines) is 1. The molecule has 5 heterocycles. The van der Waals surface area contributed by atoms with Crippen molar-refractivity contribution in [1.82, 2.24) is 35.1 Å². The molecule has 60 heavy (non-hydrogen) atoms. The average molecular weight is 840 g/mol. The highest BCUT2D eigenvalue weighted by molar-refractivity contribution is 7.91. The van der Waals surface area contributed by atoms with Gasteiger partial charge in [0.15, 0.2) is 0 Å². The fraction of sp³-hybridized carbons (Fsp3) is 0.523. The molecular weight excluding hydrogens is 787 g/mol. The van der Waals surface area contributed by atoms with E-state index in [2.05, 4.69) is 20.3 Å². The van der Waals surface area contributed by atoms with Gasteiger partial charge >= 0.3 is 0 Å². The van der Waals surface area contributed by atoms with Gasteiger partial charge in [0.05, 0.1) is 34.8 Å². The number of benzene rings is 1. The summed E-state index contributed by atoms with van der Waals surface area (Å²) in [5, 5.41) is 5.89. The van der Waals surface area contributed by atoms with Gasteiger partial charge in [-0.3, -0.25) is 33.7 Å². The van der Waals surface area contributed by atoms with Crippen LogP contribution in [-0.4, -0.2) is 107 Å². The van der Waals surface area contributed by atoms with E-state index in [1.807, 2.05) is 23.1 Å². The second-order valence-electron chi connectivity index (χ2n) is 16.9. The van der Waals surface area contributed by atoms with E-state index < -0.39 is 62.5 Å². The first kappa shape index (κ1) is 41.4. The number of piperidine rings is 1. The van der Waals surface area contributed by atoms with Crippen molar-refractivity contribution in [2.24, 2.45) is 11.8 Å². The molecule has 2 saturated carbocycles. The molecule has 2 saturated heterocycles. The topological polar surface area (TPSA) is 197 Å². The molecule has 2 aromatic heterocycles. The van der Waals surface area contributed by atoms with Crippen molar-refractivity contribution in [2.75, 3.05) is 26.7 Å². The second-order valence-corrected chi connectivity index (χ2v) is 18.9. The number of pyridine rings is 2. The molecule has 5 atom stereocenters. The van der Waals surface area contributed by atoms with Crippen molar-refractivity contribution >= 4 is 50.5 Å². The summed E-state index contributed by atoms with van der Waals surface area (Å²) in [4.78, 5) is 83.8. The third-order valence-corrected chi connectivity index (χ3v) is 14.5. The van der Waals surface area contributed by atoms with E-state index in [9.17, 15) is 32.4 Å². The average Bonchev–Trinajstić information content (AvgIpc) is 4.19. The number of nitrogens with zero attached hydrogens (tertiary/aromatic N) is 4. The summed E-state index contributed by atoms with van der Waals surface area (Å²) in [5.41, 5.74) is 0.365. The molecule has 0 spiro atoms. The molecule has 3 aromatic rings. The summed E-state index contributed by atoms with van der Waals surface area (Å²) in [5.74, 6) is -2.93. The van der Waals surface area contributed by atoms with Crippen LogP contribution in [0.3, 0.4) is 0 Å². The van der Waals surface area contributed by atoms with Crippen LogP contribution in [-0.2, 0) is 29.2 Å². The summed E-state index contributed by atoms with van der Waals surface area (Å²) >= 11 is 0. The maximum atomic E-state index is 14.8. The van der Waals surface area contributed by atoms with Gasteiger partial charge < -0.3 is 25.2 Å². The summed E-state index contributed by atoms with van der Waals surface area (Å²) in [6, 6.07) is 10.5. The fourth-order valence-corrected chi connectivity index (χ4v) is 10.3. The van der Waals surface area contributed by atoms with Crippen LogP contribution in [0.5, 0.6) is 5.75 Å². The van der Waals surface area contributed by atoms with Gasteiger partial charge in [-0.25, -0.2) is 13.4 Å². The van der Waals surface area contributed by atoms with Crippen LogP contribution in [0.2, 0.25) is 0 Å². The summed E-state index contributed by atoms with van der Waals surface area (Å²) in [6.07, 6.45) is 13.0. The number of allylic oxidation sites excluding steroid dienone is 1. The summed E-state index contributed by atoms with van der Waals surface area (Å²) in [6.45, 7) is 1.28. The van der Waals surface area contributed by atoms with Crippen molar-refractivity contribution in [3.8, 4) is 17.1 Å². The van der Waals surface area contributed by atoms with Gasteiger partial charge in [0.1, 0.15) is 17.3 Å². The largest absolute Gasteiger partial charge is 0.497 e. The summed E-state index contributed by atoms with van der Waals surface area (Å²) in [7, 11) is -2.38. The highest BCUT2D eigenvalue weighted by Crippen LogP contribution is 2.46. The second kappa shape index (κ2) is 17.3. The molecule has 5 aliphatic rings. The molecule has 318 valence electrons. The van der Waals surface area contributed by atoms with Crippen molar-refractivity contribution in [3.05, 3.63) is 66.4 Å². The molecule has 0 bridgehead atoms. The lowest BCUT2D eigenvalue weighted by Gasteiger charge is -2.31. The molecule has 2 unspecified atom stereocenters. The first-order valence-corrected chi connectivity index (χ1v) is 22.8. The number of methoxy groups -OCH3 is 1. The lowest BCUT2D eigenvalue weighted by Crippen LogP contribution is -2.57. The summed E-state index contributed by atoms with van der Waals surface area (Å²) < 4.78 is 33.6. The lowest BCUT2D eigenvalue weighted by molar-refractivity contribution is -0.145. The molecule has 4 fully saturated rings. The van der Waals surface area contributed by atoms with E-state index >= 15 is 0 Å². The number of rotatable bonds is 9. The monoisotopic (exact) mass is 839 g/mol. The van der Waals surface area contributed by atoms with Gasteiger partial charge in [0.2, 0.25) is 27.7 Å². The first-order valence-electron chi connectivity index (χ1n) is 21.3. The minimum absolute atomic E-state index is 0.00911. The first-order chi connectivity index (χ1) is 29.0. The SMILES string of the molecule is COc1ccc2nc(-c3ccccn3)cc(C(=O)N[C@@H]3C[C@H]4C(=O)NC5(C(=O)NS(=O)(=O)C6CC6)CC5/C=C\CCCCC[C@H](CC(=O)N5CCCCC5)C(=O)N4C3)c2c1. The van der Waals surface area contributed by atoms with Crippen molar-refractivity contribution in [2.45, 2.75) is 106 Å². The number of hydrogen-bond donors (Lipinski definition) is 3. The van der Waals surface area contributed by atoms with Crippen LogP contribution in [0, 0.1) is 11.8 Å². The quantitative estimate of drug-likeness (QED) is 0.265. The molecule has 16 heteroatoms. The van der Waals surface area contributed by atoms with Gasteiger partial charge in [-0.15, -0.1) is 0 Å². The van der Waals surface area contributed by atoms with Crippen LogP contribution in [0.4, 0.5) is 0 Å². The molecule has 8 rings (SSSR count). The van der Waals surface area contributed by atoms with Crippen molar-refractivity contribution in [1.29, 1.82) is 0 Å². The van der Waals surface area contributed by atoms with E-state index in [1.54, 1.807) is 42.6 Å². The maximum Gasteiger partial charge on any atom is 0.259 e. The van der Waals surface area contributed by atoms with Gasteiger partial charge in [-0.2, -0.15) is 0 Å². The predicted molar refractivity (Wildman–Crippen MR) is 223 cm³/mol. The Kier molecular flexibility index (Phi) is 11.9. The van der Waals surface area contributed by atoms with E-state index in [1.165, 1.54) is 12.0 Å². The maximum absolute atomic E-state index is 14.8. The van der Waals surface area contributed by atoms with Gasteiger partial charge in [-0.05, 0) is 101 Å². The third kappa shape index (κ3) is 8.89. The number of amides is 5. The van der Waals surface area contributed by atoms with Crippen LogP contribution >= 0.6 is 0 Å². The standard InChI is InChI=1S/C44H53N7O8S/c1-59-31-15-18-35-33(24-31)34(25-37(47-35)36-14-8-9-19-45-36)40(53)46-30-23-38-41(54)48-44(43(56)49-60(57,58)32-16-17-32)26-29(44)13-7-4-2-3-6-12-28(42(55)51(38)27-30)22-39(52)50-20-10-5-11-21-50/h7-9,13-15,18-19,24-25,28-30,32,38H,2-6,10-12,16-17,20-23,26-27H2,1H3,(H,46,53)(H,48,54)(H,49,56)/b13-7-/t28-,29?,30-,38+,44?/m1/s1. The number of carbonyl (C=O) groups is 5. The molecule has 2 aliphatic carbocycles. The van der Waals surface area contributed by atoms with Crippen molar-refractivity contribution in [3.63, 3.8) is 0 Å². The van der Waals surface area contributed by atoms with Crippen LogP contribution in [0.1, 0.15) is 93.8 Å². The van der Waals surface area contributed by atoms with E-state index in [4.69, 9.17) is 9.72 Å². The third-order valence-electron chi connectivity index (χ3n) is 12.6. The fourth-order valence-electron chi connectivity index (χ4n) is 8.95. The number of ether oxygens (including phenoxy) is 1. The van der Waals surface area contributed by atoms with E-state index in [0.29, 0.717) is 78.8 Å². The number of fused-ring (bicyclic) bond motifs is 3. The zero-order chi connectivity index (χ0) is 42.0. The molecular formula is C44H53N7O8S.